The lowest BCUT2D eigenvalue weighted by molar-refractivity contribution is 0.0978. The Kier molecular flexibility index (Phi) is 8.41. The third-order valence-corrected chi connectivity index (χ3v) is 9.27. The molecule has 0 saturated carbocycles. The van der Waals surface area contributed by atoms with Crippen molar-refractivity contribution in [3.8, 4) is 0 Å². The highest BCUT2D eigenvalue weighted by molar-refractivity contribution is 7.89. The summed E-state index contributed by atoms with van der Waals surface area (Å²) in [6.07, 6.45) is 2.68. The lowest BCUT2D eigenvalue weighted by atomic mass is 10.2. The van der Waals surface area contributed by atoms with Crippen molar-refractivity contribution in [3.05, 3.63) is 53.6 Å². The monoisotopic (exact) mass is 530 g/mol. The Morgan fingerprint density at radius 1 is 1.11 bits per heavy atom. The fourth-order valence-corrected chi connectivity index (χ4v) is 6.41. The molecule has 3 aromatic rings. The zero-order chi connectivity index (χ0) is 25.9. The molecule has 0 aliphatic carbocycles. The van der Waals surface area contributed by atoms with Crippen LogP contribution in [0.15, 0.2) is 47.4 Å². The first kappa shape index (κ1) is 26.7. The van der Waals surface area contributed by atoms with Crippen LogP contribution in [-0.4, -0.2) is 82.0 Å². The third kappa shape index (κ3) is 5.95. The topological polar surface area (TPSA) is 83.1 Å². The van der Waals surface area contributed by atoms with E-state index in [1.54, 1.807) is 24.1 Å². The van der Waals surface area contributed by atoms with E-state index in [1.807, 2.05) is 25.1 Å². The number of hydrogen-bond donors (Lipinski definition) is 0. The predicted molar refractivity (Wildman–Crippen MR) is 144 cm³/mol. The molecule has 4 rings (SSSR count). The third-order valence-electron chi connectivity index (χ3n) is 6.39. The van der Waals surface area contributed by atoms with E-state index < -0.39 is 10.0 Å². The molecule has 194 valence electrons. The molecule has 0 radical (unpaired) electrons. The number of fused-ring (bicyclic) bond motifs is 1. The molecule has 1 aliphatic rings. The molecule has 2 aromatic carbocycles. The number of nitrogens with zero attached hydrogens (tertiary/aromatic N) is 4. The summed E-state index contributed by atoms with van der Waals surface area (Å²) >= 11 is 1.50. The molecular weight excluding hydrogens is 496 g/mol. The number of aryl methyl sites for hydroxylation is 1. The van der Waals surface area contributed by atoms with Gasteiger partial charge in [-0.05, 0) is 75.3 Å². The first-order valence-corrected chi connectivity index (χ1v) is 14.5. The molecule has 0 bridgehead atoms. The lowest BCUT2D eigenvalue weighted by Crippen LogP contribution is -2.37. The minimum Gasteiger partial charge on any atom is -0.377 e. The number of benzene rings is 2. The molecule has 2 heterocycles. The van der Waals surface area contributed by atoms with Gasteiger partial charge in [-0.3, -0.25) is 9.69 Å². The van der Waals surface area contributed by atoms with Crippen LogP contribution in [0.5, 0.6) is 0 Å². The number of carbonyl (C=O) groups is 1. The van der Waals surface area contributed by atoms with Crippen molar-refractivity contribution >= 4 is 42.6 Å². The Hall–Kier alpha value is -2.37. The van der Waals surface area contributed by atoms with Crippen LogP contribution in [0, 0.1) is 0 Å². The SMILES string of the molecule is CCc1ccc2nc(N(CCN(C)C)C(=O)c3ccc(S(=O)(=O)N(C)CC4CCCO4)cc3)sc2c1. The summed E-state index contributed by atoms with van der Waals surface area (Å²) in [6.45, 7) is 4.24. The highest BCUT2D eigenvalue weighted by Gasteiger charge is 2.27. The average molecular weight is 531 g/mol. The summed E-state index contributed by atoms with van der Waals surface area (Å²) < 4.78 is 34.0. The van der Waals surface area contributed by atoms with E-state index in [0.29, 0.717) is 36.9 Å². The minimum atomic E-state index is -3.68. The smallest absolute Gasteiger partial charge is 0.260 e. The van der Waals surface area contributed by atoms with Crippen molar-refractivity contribution in [1.82, 2.24) is 14.2 Å². The van der Waals surface area contributed by atoms with Gasteiger partial charge in [0.2, 0.25) is 10.0 Å². The van der Waals surface area contributed by atoms with E-state index in [2.05, 4.69) is 19.1 Å². The molecule has 36 heavy (non-hydrogen) atoms. The maximum atomic E-state index is 13.6. The quantitative estimate of drug-likeness (QED) is 0.396. The summed E-state index contributed by atoms with van der Waals surface area (Å²) in [5.74, 6) is -0.205. The van der Waals surface area contributed by atoms with Crippen LogP contribution in [0.1, 0.15) is 35.7 Å². The fraction of sp³-hybridized carbons (Fsp3) is 0.462. The standard InChI is InChI=1S/C26H34N4O4S2/c1-5-19-8-13-23-24(17-19)35-26(27-23)30(15-14-28(2)3)25(31)20-9-11-22(12-10-20)36(32,33)29(4)18-21-7-6-16-34-21/h8-13,17,21H,5-7,14-16,18H2,1-4H3. The zero-order valence-electron chi connectivity index (χ0n) is 21.3. The van der Waals surface area contributed by atoms with Crippen LogP contribution < -0.4 is 4.90 Å². The number of carbonyl (C=O) groups excluding carboxylic acids is 1. The second-order valence-corrected chi connectivity index (χ2v) is 12.4. The molecule has 1 saturated heterocycles. The number of sulfonamides is 1. The second-order valence-electron chi connectivity index (χ2n) is 9.36. The number of likely N-dealkylation sites (N-methyl/N-ethyl adjacent to an activating group) is 2. The molecule has 8 nitrogen and oxygen atoms in total. The second kappa shape index (κ2) is 11.4. The van der Waals surface area contributed by atoms with Gasteiger partial charge in [-0.25, -0.2) is 13.4 Å². The molecule has 0 N–H and O–H groups in total. The van der Waals surface area contributed by atoms with Gasteiger partial charge in [-0.2, -0.15) is 4.31 Å². The summed E-state index contributed by atoms with van der Waals surface area (Å²) in [4.78, 5) is 22.2. The lowest BCUT2D eigenvalue weighted by Gasteiger charge is -2.22. The Balaban J connectivity index is 1.57. The highest BCUT2D eigenvalue weighted by atomic mass is 32.2. The normalized spacial score (nSPS) is 16.3. The largest absolute Gasteiger partial charge is 0.377 e. The molecule has 1 unspecified atom stereocenters. The Bertz CT molecular complexity index is 1300. The number of hydrogen-bond acceptors (Lipinski definition) is 7. The van der Waals surface area contributed by atoms with Crippen LogP contribution in [0.2, 0.25) is 0 Å². The van der Waals surface area contributed by atoms with Gasteiger partial charge in [-0.1, -0.05) is 24.3 Å². The van der Waals surface area contributed by atoms with Gasteiger partial charge < -0.3 is 9.64 Å². The fourth-order valence-electron chi connectivity index (χ4n) is 4.15. The van der Waals surface area contributed by atoms with Crippen LogP contribution in [-0.2, 0) is 21.2 Å². The van der Waals surface area contributed by atoms with E-state index in [0.717, 1.165) is 29.5 Å². The molecule has 1 aliphatic heterocycles. The Morgan fingerprint density at radius 2 is 1.86 bits per heavy atom. The van der Waals surface area contributed by atoms with Crippen LogP contribution in [0.3, 0.4) is 0 Å². The summed E-state index contributed by atoms with van der Waals surface area (Å²) in [5.41, 5.74) is 2.51. The van der Waals surface area contributed by atoms with Gasteiger partial charge in [0.25, 0.3) is 5.91 Å². The maximum Gasteiger partial charge on any atom is 0.260 e. The van der Waals surface area contributed by atoms with Crippen LogP contribution >= 0.6 is 11.3 Å². The molecule has 1 aromatic heterocycles. The minimum absolute atomic E-state index is 0.0712. The Morgan fingerprint density at radius 3 is 2.50 bits per heavy atom. The van der Waals surface area contributed by atoms with E-state index in [1.165, 1.54) is 33.3 Å². The zero-order valence-corrected chi connectivity index (χ0v) is 22.9. The highest BCUT2D eigenvalue weighted by Crippen LogP contribution is 2.31. The van der Waals surface area contributed by atoms with Crippen LogP contribution in [0.4, 0.5) is 5.13 Å². The number of thiazole rings is 1. The number of anilines is 1. The molecule has 1 fully saturated rings. The van der Waals surface area contributed by atoms with Crippen molar-refractivity contribution in [2.75, 3.05) is 52.3 Å². The van der Waals surface area contributed by atoms with Crippen LogP contribution in [0.25, 0.3) is 10.2 Å². The van der Waals surface area contributed by atoms with E-state index >= 15 is 0 Å². The van der Waals surface area contributed by atoms with Crippen molar-refractivity contribution in [2.24, 2.45) is 0 Å². The van der Waals surface area contributed by atoms with Crippen molar-refractivity contribution in [1.29, 1.82) is 0 Å². The van der Waals surface area contributed by atoms with Gasteiger partial charge in [0.1, 0.15) is 0 Å². The Labute approximate surface area is 217 Å². The average Bonchev–Trinajstić information content (AvgIpc) is 3.53. The first-order valence-electron chi connectivity index (χ1n) is 12.2. The molecular formula is C26H34N4O4S2. The van der Waals surface area contributed by atoms with Crippen molar-refractivity contribution in [2.45, 2.75) is 37.2 Å². The molecule has 10 heteroatoms. The number of ether oxygens (including phenoxy) is 1. The summed E-state index contributed by atoms with van der Waals surface area (Å²) in [7, 11) is 1.81. The molecule has 1 atom stereocenters. The van der Waals surface area contributed by atoms with E-state index in [4.69, 9.17) is 9.72 Å². The van der Waals surface area contributed by atoms with Gasteiger partial charge in [0.05, 0.1) is 21.2 Å². The summed E-state index contributed by atoms with van der Waals surface area (Å²) in [6, 6.07) is 12.4. The predicted octanol–water partition coefficient (Wildman–Crippen LogP) is 3.87. The molecule has 0 spiro atoms. The maximum absolute atomic E-state index is 13.6. The van der Waals surface area contributed by atoms with Crippen molar-refractivity contribution in [3.63, 3.8) is 0 Å². The number of amides is 1. The van der Waals surface area contributed by atoms with E-state index in [9.17, 15) is 13.2 Å². The summed E-state index contributed by atoms with van der Waals surface area (Å²) in [5, 5.41) is 0.637. The van der Waals surface area contributed by atoms with Gasteiger partial charge >= 0.3 is 0 Å². The van der Waals surface area contributed by atoms with Gasteiger partial charge in [-0.15, -0.1) is 0 Å². The van der Waals surface area contributed by atoms with Gasteiger partial charge in [0, 0.05) is 38.9 Å². The first-order chi connectivity index (χ1) is 17.2. The molecule has 1 amide bonds. The van der Waals surface area contributed by atoms with Gasteiger partial charge in [0.15, 0.2) is 5.13 Å². The number of rotatable bonds is 10. The van der Waals surface area contributed by atoms with E-state index in [-0.39, 0.29) is 16.9 Å². The number of aromatic nitrogens is 1. The van der Waals surface area contributed by atoms with Crippen molar-refractivity contribution < 1.29 is 17.9 Å².